The van der Waals surface area contributed by atoms with Gasteiger partial charge in [-0.05, 0) is 13.8 Å². The van der Waals surface area contributed by atoms with Crippen LogP contribution in [0.2, 0.25) is 0 Å². The zero-order valence-corrected chi connectivity index (χ0v) is 8.17. The van der Waals surface area contributed by atoms with Crippen molar-refractivity contribution in [2.24, 2.45) is 0 Å². The number of epoxide rings is 1. The molecule has 3 rings (SSSR count). The maximum absolute atomic E-state index is 9.89. The van der Waals surface area contributed by atoms with Gasteiger partial charge in [-0.2, -0.15) is 0 Å². The minimum Gasteiger partial charge on any atom is -0.387 e. The van der Waals surface area contributed by atoms with Crippen LogP contribution in [0.5, 0.6) is 0 Å². The predicted octanol–water partition coefficient (Wildman–Crippen LogP) is -0.378. The molecule has 0 bridgehead atoms. The lowest BCUT2D eigenvalue weighted by Crippen LogP contribution is -2.37. The Hall–Kier alpha value is -0.200. The highest BCUT2D eigenvalue weighted by atomic mass is 16.8. The van der Waals surface area contributed by atoms with E-state index in [1.807, 2.05) is 13.8 Å². The first-order valence-corrected chi connectivity index (χ1v) is 4.88. The Bertz CT molecular complexity index is 248. The van der Waals surface area contributed by atoms with Crippen molar-refractivity contribution in [1.29, 1.82) is 0 Å². The number of aliphatic hydroxyl groups excluding tert-OH is 1. The van der Waals surface area contributed by atoms with Gasteiger partial charge in [0.1, 0.15) is 24.4 Å². The Morgan fingerprint density at radius 1 is 1.21 bits per heavy atom. The molecule has 0 aromatic rings. The highest BCUT2D eigenvalue weighted by Crippen LogP contribution is 2.40. The second kappa shape index (κ2) is 2.68. The maximum atomic E-state index is 9.89. The van der Waals surface area contributed by atoms with Crippen molar-refractivity contribution in [3.8, 4) is 0 Å². The van der Waals surface area contributed by atoms with Crippen LogP contribution in [0.4, 0.5) is 0 Å². The number of fused-ring (bicyclic) bond motifs is 1. The van der Waals surface area contributed by atoms with E-state index in [9.17, 15) is 5.11 Å². The molecule has 0 unspecified atom stereocenters. The van der Waals surface area contributed by atoms with Crippen LogP contribution < -0.4 is 0 Å². The first kappa shape index (κ1) is 9.06. The van der Waals surface area contributed by atoms with E-state index < -0.39 is 18.2 Å². The molecule has 5 nitrogen and oxygen atoms in total. The van der Waals surface area contributed by atoms with Gasteiger partial charge >= 0.3 is 0 Å². The fourth-order valence-corrected chi connectivity index (χ4v) is 2.07. The molecule has 0 aliphatic carbocycles. The van der Waals surface area contributed by atoms with Crippen LogP contribution in [0.25, 0.3) is 0 Å². The third-order valence-electron chi connectivity index (χ3n) is 2.78. The molecule has 0 aromatic heterocycles. The summed E-state index contributed by atoms with van der Waals surface area (Å²) in [6, 6.07) is 0. The molecule has 3 saturated heterocycles. The predicted molar refractivity (Wildman–Crippen MR) is 44.4 cm³/mol. The van der Waals surface area contributed by atoms with Gasteiger partial charge in [0.05, 0.1) is 6.61 Å². The molecule has 1 N–H and O–H groups in total. The SMILES string of the molecule is CC1(C)O[C@H]2O[C@H]([C@@H]3CO3)[C@H](O)[C@H]2O1. The Labute approximate surface area is 81.9 Å². The van der Waals surface area contributed by atoms with Crippen LogP contribution in [0, 0.1) is 0 Å². The Morgan fingerprint density at radius 2 is 1.93 bits per heavy atom. The quantitative estimate of drug-likeness (QED) is 0.587. The minimum atomic E-state index is -0.661. The van der Waals surface area contributed by atoms with E-state index in [1.54, 1.807) is 0 Å². The first-order valence-electron chi connectivity index (χ1n) is 4.88. The summed E-state index contributed by atoms with van der Waals surface area (Å²) < 4.78 is 21.7. The van der Waals surface area contributed by atoms with E-state index in [0.717, 1.165) is 0 Å². The topological polar surface area (TPSA) is 60.5 Å². The van der Waals surface area contributed by atoms with E-state index >= 15 is 0 Å². The van der Waals surface area contributed by atoms with E-state index in [1.165, 1.54) is 0 Å². The standard InChI is InChI=1S/C9H14O5/c1-9(2)13-7-5(10)6(4-3-11-4)12-8(7)14-9/h4-8,10H,3H2,1-2H3/t4-,5-,6+,7+,8+/m0/s1. The Morgan fingerprint density at radius 3 is 2.50 bits per heavy atom. The zero-order valence-electron chi connectivity index (χ0n) is 8.17. The van der Waals surface area contributed by atoms with Gasteiger partial charge in [0, 0.05) is 0 Å². The molecule has 3 aliphatic heterocycles. The molecule has 0 aromatic carbocycles. The van der Waals surface area contributed by atoms with Crippen molar-refractivity contribution >= 4 is 0 Å². The smallest absolute Gasteiger partial charge is 0.190 e. The minimum absolute atomic E-state index is 0.0194. The molecule has 5 heteroatoms. The van der Waals surface area contributed by atoms with E-state index in [2.05, 4.69) is 0 Å². The van der Waals surface area contributed by atoms with Crippen LogP contribution in [-0.2, 0) is 18.9 Å². The lowest BCUT2D eigenvalue weighted by molar-refractivity contribution is -0.216. The second-order valence-electron chi connectivity index (χ2n) is 4.43. The van der Waals surface area contributed by atoms with Gasteiger partial charge in [-0.3, -0.25) is 0 Å². The molecule has 0 saturated carbocycles. The molecule has 3 aliphatic rings. The summed E-state index contributed by atoms with van der Waals surface area (Å²) >= 11 is 0. The van der Waals surface area contributed by atoms with Gasteiger partial charge in [-0.15, -0.1) is 0 Å². The molecular formula is C9H14O5. The molecule has 0 spiro atoms. The molecular weight excluding hydrogens is 188 g/mol. The van der Waals surface area contributed by atoms with Crippen molar-refractivity contribution in [2.75, 3.05) is 6.61 Å². The third kappa shape index (κ3) is 1.28. The monoisotopic (exact) mass is 202 g/mol. The fourth-order valence-electron chi connectivity index (χ4n) is 2.07. The van der Waals surface area contributed by atoms with Gasteiger partial charge < -0.3 is 24.1 Å². The van der Waals surface area contributed by atoms with Crippen molar-refractivity contribution in [1.82, 2.24) is 0 Å². The summed E-state index contributed by atoms with van der Waals surface area (Å²) in [6.45, 7) is 4.28. The number of rotatable bonds is 1. The zero-order chi connectivity index (χ0) is 9.92. The lowest BCUT2D eigenvalue weighted by atomic mass is 10.1. The van der Waals surface area contributed by atoms with Crippen molar-refractivity contribution in [2.45, 2.75) is 50.3 Å². The van der Waals surface area contributed by atoms with Gasteiger partial charge in [0.15, 0.2) is 12.1 Å². The maximum Gasteiger partial charge on any atom is 0.190 e. The number of aliphatic hydroxyl groups is 1. The molecule has 0 radical (unpaired) electrons. The van der Waals surface area contributed by atoms with E-state index in [-0.39, 0.29) is 18.3 Å². The summed E-state index contributed by atoms with van der Waals surface area (Å²) in [5.41, 5.74) is 0. The molecule has 80 valence electrons. The van der Waals surface area contributed by atoms with Crippen LogP contribution >= 0.6 is 0 Å². The highest BCUT2D eigenvalue weighted by Gasteiger charge is 2.58. The summed E-state index contributed by atoms with van der Waals surface area (Å²) in [7, 11) is 0. The summed E-state index contributed by atoms with van der Waals surface area (Å²) in [6.07, 6.45) is -1.74. The molecule has 3 heterocycles. The van der Waals surface area contributed by atoms with Gasteiger partial charge in [-0.1, -0.05) is 0 Å². The van der Waals surface area contributed by atoms with Crippen molar-refractivity contribution in [3.05, 3.63) is 0 Å². The number of hydrogen-bond acceptors (Lipinski definition) is 5. The van der Waals surface area contributed by atoms with E-state index in [0.29, 0.717) is 6.61 Å². The number of ether oxygens (including phenoxy) is 4. The van der Waals surface area contributed by atoms with Crippen LogP contribution in [0.1, 0.15) is 13.8 Å². The second-order valence-corrected chi connectivity index (χ2v) is 4.43. The van der Waals surface area contributed by atoms with Gasteiger partial charge in [0.2, 0.25) is 0 Å². The molecule has 0 amide bonds. The lowest BCUT2D eigenvalue weighted by Gasteiger charge is -2.21. The normalized spacial score (nSPS) is 54.6. The highest BCUT2D eigenvalue weighted by molar-refractivity contribution is 4.98. The van der Waals surface area contributed by atoms with Gasteiger partial charge in [-0.25, -0.2) is 0 Å². The van der Waals surface area contributed by atoms with Crippen LogP contribution in [0.3, 0.4) is 0 Å². The van der Waals surface area contributed by atoms with E-state index in [4.69, 9.17) is 18.9 Å². The summed E-state index contributed by atoms with van der Waals surface area (Å²) in [4.78, 5) is 0. The van der Waals surface area contributed by atoms with Crippen molar-refractivity contribution in [3.63, 3.8) is 0 Å². The summed E-state index contributed by atoms with van der Waals surface area (Å²) in [5.74, 6) is -0.661. The average molecular weight is 202 g/mol. The summed E-state index contributed by atoms with van der Waals surface area (Å²) in [5, 5.41) is 9.89. The largest absolute Gasteiger partial charge is 0.387 e. The van der Waals surface area contributed by atoms with Crippen molar-refractivity contribution < 1.29 is 24.1 Å². The van der Waals surface area contributed by atoms with Gasteiger partial charge in [0.25, 0.3) is 0 Å². The third-order valence-corrected chi connectivity index (χ3v) is 2.78. The first-order chi connectivity index (χ1) is 6.57. The number of hydrogen-bond donors (Lipinski definition) is 1. The molecule has 5 atom stereocenters. The Kier molecular flexibility index (Phi) is 1.73. The molecule has 3 fully saturated rings. The van der Waals surface area contributed by atoms with Crippen LogP contribution in [-0.4, -0.2) is 48.2 Å². The fraction of sp³-hybridized carbons (Fsp3) is 1.00. The van der Waals surface area contributed by atoms with Crippen LogP contribution in [0.15, 0.2) is 0 Å². The Balaban J connectivity index is 1.74. The average Bonchev–Trinajstić information content (AvgIpc) is 2.81. The molecule has 14 heavy (non-hydrogen) atoms.